The summed E-state index contributed by atoms with van der Waals surface area (Å²) in [4.78, 5) is 12.5. The fraction of sp³-hybridized carbons (Fsp3) is 0.690. The van der Waals surface area contributed by atoms with Gasteiger partial charge in [-0.25, -0.2) is 0 Å². The molecule has 1 heterocycles. The maximum absolute atomic E-state index is 12.5. The summed E-state index contributed by atoms with van der Waals surface area (Å²) in [5, 5.41) is 12.3. The molecule has 2 unspecified atom stereocenters. The number of phenols is 1. The Morgan fingerprint density at radius 1 is 1.15 bits per heavy atom. The first kappa shape index (κ1) is 27.1. The van der Waals surface area contributed by atoms with E-state index in [1.807, 2.05) is 32.9 Å². The summed E-state index contributed by atoms with van der Waals surface area (Å²) in [5.41, 5.74) is 0.994. The van der Waals surface area contributed by atoms with E-state index >= 15 is 0 Å². The van der Waals surface area contributed by atoms with E-state index in [4.69, 9.17) is 9.47 Å². The minimum Gasteiger partial charge on any atom is -0.508 e. The molecule has 1 aromatic rings. The molecule has 4 nitrogen and oxygen atoms in total. The first-order chi connectivity index (χ1) is 15.8. The molecule has 1 N–H and O–H groups in total. The summed E-state index contributed by atoms with van der Waals surface area (Å²) in [6, 6.07) is 4.08. The summed E-state index contributed by atoms with van der Waals surface area (Å²) in [6.07, 6.45) is 9.30. The number of carbonyl (C=O) groups is 1. The Bertz CT molecular complexity index is 923. The molecular weight excluding hydrogens is 492 g/mol. The van der Waals surface area contributed by atoms with Gasteiger partial charge in [0.05, 0.1) is 5.41 Å². The lowest BCUT2D eigenvalue weighted by atomic mass is 9.67. The highest BCUT2D eigenvalue weighted by Gasteiger charge is 2.47. The zero-order valence-electron chi connectivity index (χ0n) is 22.1. The van der Waals surface area contributed by atoms with Crippen LogP contribution in [0.25, 0.3) is 0 Å². The van der Waals surface area contributed by atoms with Crippen molar-refractivity contribution in [1.82, 2.24) is 0 Å². The molecule has 1 aromatic carbocycles. The molecule has 3 rings (SSSR count). The van der Waals surface area contributed by atoms with Gasteiger partial charge in [-0.3, -0.25) is 4.79 Å². The van der Waals surface area contributed by atoms with Gasteiger partial charge in [0.15, 0.2) is 0 Å². The number of aromatic hydroxyl groups is 1. The zero-order valence-corrected chi connectivity index (χ0v) is 23.7. The normalized spacial score (nSPS) is 21.7. The molecular formula is C29H43BrO4. The number of ether oxygens (including phenoxy) is 2. The number of benzene rings is 1. The Morgan fingerprint density at radius 3 is 2.47 bits per heavy atom. The van der Waals surface area contributed by atoms with Crippen LogP contribution >= 0.6 is 15.9 Å². The Kier molecular flexibility index (Phi) is 8.17. The van der Waals surface area contributed by atoms with Gasteiger partial charge in [0.1, 0.15) is 22.9 Å². The second-order valence-corrected chi connectivity index (χ2v) is 13.1. The van der Waals surface area contributed by atoms with E-state index in [9.17, 15) is 9.90 Å². The van der Waals surface area contributed by atoms with Crippen molar-refractivity contribution in [3.63, 3.8) is 0 Å². The van der Waals surface area contributed by atoms with E-state index in [-0.39, 0.29) is 28.8 Å². The van der Waals surface area contributed by atoms with Gasteiger partial charge in [0.25, 0.3) is 0 Å². The van der Waals surface area contributed by atoms with E-state index in [1.54, 1.807) is 0 Å². The van der Waals surface area contributed by atoms with Crippen molar-refractivity contribution in [2.75, 3.05) is 5.33 Å². The number of esters is 1. The van der Waals surface area contributed by atoms with Gasteiger partial charge in [0.2, 0.25) is 0 Å². The summed E-state index contributed by atoms with van der Waals surface area (Å²) < 4.78 is 12.3. The summed E-state index contributed by atoms with van der Waals surface area (Å²) in [5.74, 6) is 1.81. The number of carbonyl (C=O) groups excluding carboxylic acids is 1. The van der Waals surface area contributed by atoms with Crippen molar-refractivity contribution in [2.24, 2.45) is 11.3 Å². The molecule has 0 aromatic heterocycles. The van der Waals surface area contributed by atoms with Crippen LogP contribution in [0.1, 0.15) is 110 Å². The second-order valence-electron chi connectivity index (χ2n) is 12.3. The number of hydrogen-bond acceptors (Lipinski definition) is 4. The van der Waals surface area contributed by atoms with Crippen molar-refractivity contribution in [3.8, 4) is 11.5 Å². The zero-order chi connectivity index (χ0) is 25.3. The Labute approximate surface area is 214 Å². The predicted molar refractivity (Wildman–Crippen MR) is 142 cm³/mol. The molecule has 1 aliphatic carbocycles. The van der Waals surface area contributed by atoms with E-state index in [0.29, 0.717) is 17.9 Å². The van der Waals surface area contributed by atoms with Crippen LogP contribution in [0.5, 0.6) is 11.5 Å². The monoisotopic (exact) mass is 534 g/mol. The van der Waals surface area contributed by atoms with Crippen molar-refractivity contribution < 1.29 is 19.4 Å². The van der Waals surface area contributed by atoms with Gasteiger partial charge in [-0.15, -0.1) is 0 Å². The number of phenolic OH excluding ortho intramolecular Hbond substituents is 1. The number of unbranched alkanes of at least 4 members (excludes halogenated alkanes) is 3. The van der Waals surface area contributed by atoms with Gasteiger partial charge in [-0.05, 0) is 83.1 Å². The van der Waals surface area contributed by atoms with E-state index in [2.05, 4.69) is 49.7 Å². The molecule has 0 saturated carbocycles. The molecule has 5 heteroatoms. The number of rotatable bonds is 8. The number of fused-ring (bicyclic) bond motifs is 3. The van der Waals surface area contributed by atoms with Crippen molar-refractivity contribution in [3.05, 3.63) is 35.1 Å². The van der Waals surface area contributed by atoms with Gasteiger partial charge in [-0.2, -0.15) is 0 Å². The highest BCUT2D eigenvalue weighted by molar-refractivity contribution is 9.09. The largest absolute Gasteiger partial charge is 0.508 e. The van der Waals surface area contributed by atoms with Crippen molar-refractivity contribution >= 4 is 21.9 Å². The van der Waals surface area contributed by atoms with Crippen molar-refractivity contribution in [1.29, 1.82) is 0 Å². The smallest absolute Gasteiger partial charge is 0.316 e. The van der Waals surface area contributed by atoms with Crippen LogP contribution < -0.4 is 4.74 Å². The molecule has 1 aliphatic heterocycles. The van der Waals surface area contributed by atoms with E-state index < -0.39 is 5.41 Å². The first-order valence-electron chi connectivity index (χ1n) is 12.8. The quantitative estimate of drug-likeness (QED) is 0.207. The summed E-state index contributed by atoms with van der Waals surface area (Å²) in [6.45, 7) is 14.4. The third-order valence-corrected chi connectivity index (χ3v) is 8.13. The Balaban J connectivity index is 1.86. The van der Waals surface area contributed by atoms with Crippen LogP contribution in [0.3, 0.4) is 0 Å². The maximum atomic E-state index is 12.5. The molecule has 34 heavy (non-hydrogen) atoms. The Morgan fingerprint density at radius 2 is 1.82 bits per heavy atom. The highest BCUT2D eigenvalue weighted by Crippen LogP contribution is 2.55. The fourth-order valence-corrected chi connectivity index (χ4v) is 5.67. The predicted octanol–water partition coefficient (Wildman–Crippen LogP) is 8.15. The Hall–Kier alpha value is -1.49. The maximum Gasteiger partial charge on any atom is 0.316 e. The average Bonchev–Trinajstić information content (AvgIpc) is 2.71. The lowest BCUT2D eigenvalue weighted by molar-refractivity contribution is -0.149. The standard InChI is InChI=1S/C29H43BrO4/c1-27(2,3)26(32)33-20-12-13-22-21(18-20)25-23(31)16-19(17-24(25)34-29(22,6)7)28(4,5)14-10-8-9-11-15-30/h12,16-17,21-22,31H,8-11,13-15,18H2,1-7H3. The van der Waals surface area contributed by atoms with Crippen LogP contribution in [0.2, 0.25) is 0 Å². The third kappa shape index (κ3) is 6.01. The number of alkyl halides is 1. The van der Waals surface area contributed by atoms with Gasteiger partial charge < -0.3 is 14.6 Å². The van der Waals surface area contributed by atoms with Crippen LogP contribution in [0, 0.1) is 11.3 Å². The molecule has 2 aliphatic rings. The summed E-state index contributed by atoms with van der Waals surface area (Å²) in [7, 11) is 0. The second kappa shape index (κ2) is 10.2. The molecule has 0 bridgehead atoms. The molecule has 190 valence electrons. The van der Waals surface area contributed by atoms with Gasteiger partial charge in [0, 0.05) is 29.2 Å². The first-order valence-corrected chi connectivity index (χ1v) is 13.9. The molecule has 0 spiro atoms. The lowest BCUT2D eigenvalue weighted by Gasteiger charge is -2.47. The van der Waals surface area contributed by atoms with Gasteiger partial charge >= 0.3 is 5.97 Å². The van der Waals surface area contributed by atoms with E-state index in [0.717, 1.165) is 35.0 Å². The third-order valence-electron chi connectivity index (χ3n) is 7.57. The molecule has 2 atom stereocenters. The summed E-state index contributed by atoms with van der Waals surface area (Å²) >= 11 is 3.51. The molecule has 0 saturated heterocycles. The van der Waals surface area contributed by atoms with Crippen LogP contribution in [-0.2, 0) is 14.9 Å². The average molecular weight is 536 g/mol. The lowest BCUT2D eigenvalue weighted by Crippen LogP contribution is -2.45. The molecule has 0 amide bonds. The molecule has 0 fully saturated rings. The van der Waals surface area contributed by atoms with Gasteiger partial charge in [-0.1, -0.05) is 49.0 Å². The van der Waals surface area contributed by atoms with Crippen LogP contribution in [0.15, 0.2) is 24.0 Å². The van der Waals surface area contributed by atoms with E-state index in [1.165, 1.54) is 25.7 Å². The topological polar surface area (TPSA) is 55.8 Å². The van der Waals surface area contributed by atoms with Crippen LogP contribution in [-0.4, -0.2) is 22.0 Å². The fourth-order valence-electron chi connectivity index (χ4n) is 5.27. The highest BCUT2D eigenvalue weighted by atomic mass is 79.9. The number of halogens is 1. The minimum atomic E-state index is -0.554. The van der Waals surface area contributed by atoms with Crippen LogP contribution in [0.4, 0.5) is 0 Å². The number of allylic oxidation sites excluding steroid dienone is 2. The minimum absolute atomic E-state index is 0.0490. The SMILES string of the molecule is CC(C)(C)C(=O)OC1=CCC2C(C1)c1c(O)cc(C(C)(C)CCCCCCBr)cc1OC2(C)C. The molecule has 0 radical (unpaired) electrons. The number of hydrogen-bond donors (Lipinski definition) is 1. The van der Waals surface area contributed by atoms with Crippen molar-refractivity contribution in [2.45, 2.75) is 110 Å².